The highest BCUT2D eigenvalue weighted by atomic mass is 35.5. The molecule has 0 fully saturated rings. The number of halogens is 1. The van der Waals surface area contributed by atoms with Gasteiger partial charge in [0.15, 0.2) is 23.3 Å². The molecule has 1 N–H and O–H groups in total. The first-order valence-electron chi connectivity index (χ1n) is 35.0. The van der Waals surface area contributed by atoms with E-state index in [0.29, 0.717) is 29.2 Å². The standard InChI is InChI=1S/C47H31N5.C32H22N2.C15H10ClN3/c1-5-18-32(19-6-1)36-28-17-29-39-42-37-26-13-15-30-40(37)52(41-31-16-14-27-38(41)44(42)51(43(36)39)35-24-11-4-12-25-35)47-49-45(33-20-7-2-8-21-33)48-46(50-47)34-22-9-3-10-23-34;1-3-12-22(13-4-1)24-18-11-19-27-30-25-16-7-9-20-28(25)33-29-21-10-8-17-26(29)32(30)34(31(24)27)23-14-5-2-6-15-23;16-15-18-13(11-7-3-1-4-8-11)17-14(19-15)12-9-5-2-6-10-12/h1-31H;1-21,33H;1-10H. The van der Waals surface area contributed by atoms with E-state index in [1.54, 1.807) is 0 Å². The minimum Gasteiger partial charge on any atom is -0.354 e. The molecule has 0 unspecified atom stereocenters. The van der Waals surface area contributed by atoms with Crippen molar-refractivity contribution in [3.05, 3.63) is 381 Å². The van der Waals surface area contributed by atoms with Gasteiger partial charge in [-0.15, -0.1) is 0 Å². The quantitative estimate of drug-likeness (QED) is 0.152. The van der Waals surface area contributed by atoms with E-state index in [1.807, 2.05) is 121 Å². The van der Waals surface area contributed by atoms with Crippen molar-refractivity contribution in [2.45, 2.75) is 0 Å². The molecule has 0 radical (unpaired) electrons. The molecule has 10 nitrogen and oxygen atoms in total. The first-order chi connectivity index (χ1) is 52.1. The van der Waals surface area contributed by atoms with Gasteiger partial charge in [0.1, 0.15) is 0 Å². The molecule has 0 bridgehead atoms. The Morgan fingerprint density at radius 1 is 0.238 bits per heavy atom. The summed E-state index contributed by atoms with van der Waals surface area (Å²) in [4.78, 5) is 30.5. The Bertz CT molecular complexity index is 6060. The Hall–Kier alpha value is -13.9. The molecule has 0 saturated heterocycles. The molecule has 0 atom stereocenters. The van der Waals surface area contributed by atoms with E-state index < -0.39 is 0 Å². The average molecular weight is 1370 g/mol. The molecule has 105 heavy (non-hydrogen) atoms. The van der Waals surface area contributed by atoms with Crippen LogP contribution in [0.15, 0.2) is 376 Å². The molecule has 0 amide bonds. The van der Waals surface area contributed by atoms with Crippen molar-refractivity contribution in [3.8, 4) is 124 Å². The van der Waals surface area contributed by atoms with Crippen LogP contribution in [0, 0.1) is 0 Å². The van der Waals surface area contributed by atoms with Crippen LogP contribution in [0.5, 0.6) is 0 Å². The Morgan fingerprint density at radius 3 is 0.981 bits per heavy atom. The third-order valence-electron chi connectivity index (χ3n) is 19.2. The summed E-state index contributed by atoms with van der Waals surface area (Å²) in [7, 11) is 0. The molecule has 496 valence electrons. The van der Waals surface area contributed by atoms with Crippen LogP contribution in [-0.4, -0.2) is 39.0 Å². The predicted octanol–water partition coefficient (Wildman–Crippen LogP) is 24.5. The second kappa shape index (κ2) is 27.9. The average Bonchev–Trinajstić information content (AvgIpc) is 1.57. The minimum atomic E-state index is 0.202. The maximum Gasteiger partial charge on any atom is 0.238 e. The smallest absolute Gasteiger partial charge is 0.238 e. The fraction of sp³-hybridized carbons (Fsp3) is 0. The van der Waals surface area contributed by atoms with Crippen LogP contribution in [-0.2, 0) is 0 Å². The molecule has 20 rings (SSSR count). The molecule has 14 aromatic carbocycles. The van der Waals surface area contributed by atoms with Gasteiger partial charge in [-0.1, -0.05) is 328 Å². The zero-order chi connectivity index (χ0) is 70.0. The lowest BCUT2D eigenvalue weighted by atomic mass is 9.96. The molecule has 11 heteroatoms. The van der Waals surface area contributed by atoms with Crippen molar-refractivity contribution in [2.24, 2.45) is 0 Å². The molecule has 4 aromatic heterocycles. The van der Waals surface area contributed by atoms with Crippen molar-refractivity contribution in [1.29, 1.82) is 0 Å². The second-order valence-electron chi connectivity index (χ2n) is 25.5. The number of nitrogens with zero attached hydrogens (tertiary/aromatic N) is 9. The van der Waals surface area contributed by atoms with Crippen molar-refractivity contribution in [2.75, 3.05) is 10.2 Å². The lowest BCUT2D eigenvalue weighted by Crippen LogP contribution is -2.16. The number of hydrogen-bond acceptors (Lipinski definition) is 8. The maximum atomic E-state index is 5.99. The van der Waals surface area contributed by atoms with Crippen LogP contribution in [0.2, 0.25) is 5.28 Å². The normalized spacial score (nSPS) is 11.5. The van der Waals surface area contributed by atoms with Gasteiger partial charge >= 0.3 is 0 Å². The van der Waals surface area contributed by atoms with Crippen molar-refractivity contribution < 1.29 is 0 Å². The van der Waals surface area contributed by atoms with Crippen LogP contribution >= 0.6 is 11.6 Å². The van der Waals surface area contributed by atoms with Crippen LogP contribution in [0.3, 0.4) is 0 Å². The highest BCUT2D eigenvalue weighted by Gasteiger charge is 2.34. The first-order valence-corrected chi connectivity index (χ1v) is 35.3. The number of anilines is 5. The second-order valence-corrected chi connectivity index (χ2v) is 25.8. The van der Waals surface area contributed by atoms with Gasteiger partial charge in [-0.25, -0.2) is 9.97 Å². The van der Waals surface area contributed by atoms with Crippen LogP contribution in [0.25, 0.3) is 146 Å². The van der Waals surface area contributed by atoms with Gasteiger partial charge in [-0.3, -0.25) is 4.90 Å². The van der Waals surface area contributed by atoms with E-state index in [-0.39, 0.29) is 5.28 Å². The Morgan fingerprint density at radius 2 is 0.543 bits per heavy atom. The number of fused-ring (bicyclic) bond motifs is 14. The van der Waals surface area contributed by atoms with Crippen LogP contribution in [0.1, 0.15) is 0 Å². The summed E-state index contributed by atoms with van der Waals surface area (Å²) in [5.74, 6) is 2.96. The van der Waals surface area contributed by atoms with E-state index in [1.165, 1.54) is 72.0 Å². The van der Waals surface area contributed by atoms with Crippen molar-refractivity contribution >= 4 is 62.1 Å². The largest absolute Gasteiger partial charge is 0.354 e. The third-order valence-corrected chi connectivity index (χ3v) is 19.4. The lowest BCUT2D eigenvalue weighted by molar-refractivity contribution is 1.02. The van der Waals surface area contributed by atoms with Crippen LogP contribution < -0.4 is 10.2 Å². The molecule has 0 saturated carbocycles. The zero-order valence-corrected chi connectivity index (χ0v) is 57.5. The van der Waals surface area contributed by atoms with Gasteiger partial charge in [0, 0.05) is 100 Å². The van der Waals surface area contributed by atoms with Gasteiger partial charge in [0.05, 0.1) is 33.8 Å². The molecular weight excluding hydrogens is 1300 g/mol. The summed E-state index contributed by atoms with van der Waals surface area (Å²) < 4.78 is 4.90. The summed E-state index contributed by atoms with van der Waals surface area (Å²) >= 11 is 5.99. The number of nitrogens with one attached hydrogen (secondary N) is 1. The molecule has 6 heterocycles. The maximum absolute atomic E-state index is 5.99. The summed E-state index contributed by atoms with van der Waals surface area (Å²) in [6, 6.07) is 130. The molecule has 18 aromatic rings. The Kier molecular flexibility index (Phi) is 16.8. The topological polar surface area (TPSA) is 102 Å². The fourth-order valence-electron chi connectivity index (χ4n) is 14.6. The number of aromatic nitrogens is 8. The summed E-state index contributed by atoms with van der Waals surface area (Å²) in [6.07, 6.45) is 0. The molecule has 2 aliphatic heterocycles. The van der Waals surface area contributed by atoms with E-state index in [4.69, 9.17) is 26.6 Å². The summed E-state index contributed by atoms with van der Waals surface area (Å²) in [6.45, 7) is 0. The number of rotatable bonds is 9. The predicted molar refractivity (Wildman–Crippen MR) is 431 cm³/mol. The van der Waals surface area contributed by atoms with Crippen molar-refractivity contribution in [1.82, 2.24) is 39.0 Å². The van der Waals surface area contributed by atoms with E-state index in [2.05, 4.69) is 289 Å². The van der Waals surface area contributed by atoms with Crippen LogP contribution in [0.4, 0.5) is 28.7 Å². The number of para-hydroxylation sites is 8. The summed E-state index contributed by atoms with van der Waals surface area (Å²) in [5, 5.41) is 6.35. The van der Waals surface area contributed by atoms with E-state index in [9.17, 15) is 0 Å². The zero-order valence-electron chi connectivity index (χ0n) is 56.7. The third kappa shape index (κ3) is 11.9. The minimum absolute atomic E-state index is 0.202. The number of hydrogen-bond donors (Lipinski definition) is 1. The van der Waals surface area contributed by atoms with Gasteiger partial charge in [-0.2, -0.15) is 19.9 Å². The van der Waals surface area contributed by atoms with Gasteiger partial charge in [0.25, 0.3) is 0 Å². The molecule has 0 aliphatic carbocycles. The van der Waals surface area contributed by atoms with E-state index >= 15 is 0 Å². The van der Waals surface area contributed by atoms with Gasteiger partial charge in [-0.05, 0) is 71.3 Å². The monoisotopic (exact) mass is 1370 g/mol. The summed E-state index contributed by atoms with van der Waals surface area (Å²) in [5.41, 5.74) is 26.8. The Labute approximate surface area is 612 Å². The highest BCUT2D eigenvalue weighted by molar-refractivity contribution is 6.28. The lowest BCUT2D eigenvalue weighted by Gasteiger charge is -2.26. The SMILES string of the molecule is Clc1nc(-c2ccccc2)nc(-c2ccccc2)n1.c1ccc(-c2cccc3c4c(n(-c5ccccc5)c23)-c2ccccc2Nc2ccccc2-4)cc1.c1ccc(-c2nc(-c3ccccc3)nc(N3c4ccccc4-c4c(n(-c5ccccc5)c5c(-c6ccccc6)cccc45)-c4ccccc43)n2)cc1. The molecule has 0 spiro atoms. The van der Waals surface area contributed by atoms with Crippen molar-refractivity contribution in [3.63, 3.8) is 0 Å². The highest BCUT2D eigenvalue weighted by Crippen LogP contribution is 2.56. The number of benzene rings is 14. The molecular formula is C94H63ClN10. The Balaban J connectivity index is 0.000000126. The van der Waals surface area contributed by atoms with Gasteiger partial charge < -0.3 is 14.5 Å². The first kappa shape index (κ1) is 63.3. The molecule has 2 aliphatic rings. The fourth-order valence-corrected chi connectivity index (χ4v) is 14.8. The van der Waals surface area contributed by atoms with E-state index in [0.717, 1.165) is 73.2 Å². The van der Waals surface area contributed by atoms with Gasteiger partial charge in [0.2, 0.25) is 11.2 Å².